The van der Waals surface area contributed by atoms with E-state index in [-0.39, 0.29) is 18.8 Å². The van der Waals surface area contributed by atoms with Crippen LogP contribution >= 0.6 is 0 Å². The molecule has 0 aliphatic rings. The number of aliphatic hydroxyl groups is 3. The third kappa shape index (κ3) is 29.8. The molecule has 450 valence electrons. The van der Waals surface area contributed by atoms with E-state index < -0.39 is 216 Å². The fourth-order valence-electron chi connectivity index (χ4n) is 6.13. The van der Waals surface area contributed by atoms with Crippen LogP contribution in [0.15, 0.2) is 12.5 Å². The molecule has 1 rings (SSSR count). The van der Waals surface area contributed by atoms with Crippen LogP contribution in [0.2, 0.25) is 0 Å². The Labute approximate surface area is 459 Å². The Hall–Kier alpha value is -9.43. The first-order valence-corrected chi connectivity index (χ1v) is 24.2. The number of amides is 15. The molecule has 38 heteroatoms. The number of nitrogens with two attached hydrogens (primary N) is 2. The van der Waals surface area contributed by atoms with Gasteiger partial charge in [0.1, 0.15) is 36.3 Å². The van der Waals surface area contributed by atoms with Gasteiger partial charge in [0.15, 0.2) is 0 Å². The van der Waals surface area contributed by atoms with Crippen LogP contribution in [0, 0.1) is 5.92 Å². The quantitative estimate of drug-likeness (QED) is 0.0292. The van der Waals surface area contributed by atoms with Gasteiger partial charge in [0.25, 0.3) is 0 Å². The summed E-state index contributed by atoms with van der Waals surface area (Å²) < 4.78 is 0. The van der Waals surface area contributed by atoms with Gasteiger partial charge in [-0.2, -0.15) is 0 Å². The second-order valence-corrected chi connectivity index (χ2v) is 17.3. The molecule has 38 nitrogen and oxygen atoms in total. The number of hydrogen-bond acceptors (Lipinski definition) is 21. The second kappa shape index (κ2) is 37.4. The van der Waals surface area contributed by atoms with Gasteiger partial charge in [-0.3, -0.25) is 71.9 Å². The number of hydrogen-bond donors (Lipinski definition) is 21. The summed E-state index contributed by atoms with van der Waals surface area (Å²) in [5, 5.41) is 68.4. The van der Waals surface area contributed by atoms with E-state index in [1.54, 1.807) is 13.8 Å². The van der Waals surface area contributed by atoms with Gasteiger partial charge in [0, 0.05) is 18.3 Å². The van der Waals surface area contributed by atoms with Gasteiger partial charge in [-0.15, -0.1) is 0 Å². The van der Waals surface area contributed by atoms with Crippen LogP contribution in [0.4, 0.5) is 0 Å². The molecule has 0 fully saturated rings. The smallest absolute Gasteiger partial charge is 0.326 e. The third-order valence-corrected chi connectivity index (χ3v) is 10.2. The van der Waals surface area contributed by atoms with Crippen LogP contribution in [-0.2, 0) is 83.1 Å². The summed E-state index contributed by atoms with van der Waals surface area (Å²) >= 11 is 0. The van der Waals surface area contributed by atoms with Crippen LogP contribution in [0.1, 0.15) is 32.4 Å². The molecule has 81 heavy (non-hydrogen) atoms. The first-order valence-electron chi connectivity index (χ1n) is 24.2. The number of primary amides is 1. The Kier molecular flexibility index (Phi) is 32.1. The van der Waals surface area contributed by atoms with Crippen LogP contribution in [-0.4, -0.2) is 240 Å². The van der Waals surface area contributed by atoms with E-state index in [1.807, 2.05) is 0 Å². The summed E-state index contributed by atoms with van der Waals surface area (Å²) in [7, 11) is 0. The van der Waals surface area contributed by atoms with Crippen molar-refractivity contribution in [3.05, 3.63) is 18.2 Å². The number of imidazole rings is 1. The number of aliphatic hydroxyl groups excluding tert-OH is 3. The van der Waals surface area contributed by atoms with Crippen molar-refractivity contribution in [2.45, 2.75) is 69.4 Å². The maximum atomic E-state index is 13.1. The highest BCUT2D eigenvalue weighted by Gasteiger charge is 2.31. The molecule has 1 heterocycles. The second-order valence-electron chi connectivity index (χ2n) is 17.3. The minimum absolute atomic E-state index is 0.0443. The molecule has 0 aromatic carbocycles. The first kappa shape index (κ1) is 69.6. The number of aromatic nitrogens is 2. The van der Waals surface area contributed by atoms with Crippen molar-refractivity contribution in [3.63, 3.8) is 0 Å². The fourth-order valence-corrected chi connectivity index (χ4v) is 6.13. The average molecular weight is 1160 g/mol. The van der Waals surface area contributed by atoms with E-state index in [0.29, 0.717) is 5.69 Å². The van der Waals surface area contributed by atoms with E-state index in [9.17, 15) is 97.1 Å². The van der Waals surface area contributed by atoms with Crippen LogP contribution in [0.5, 0.6) is 0 Å². The number of nitrogens with zero attached hydrogens (tertiary/aromatic N) is 1. The van der Waals surface area contributed by atoms with E-state index in [4.69, 9.17) is 11.5 Å². The number of carboxylic acid groups (broad SMARTS) is 1. The summed E-state index contributed by atoms with van der Waals surface area (Å²) in [6.07, 6.45) is 1.72. The normalized spacial score (nSPS) is 12.8. The highest BCUT2D eigenvalue weighted by atomic mass is 16.4. The van der Waals surface area contributed by atoms with Crippen molar-refractivity contribution in [2.75, 3.05) is 78.7 Å². The van der Waals surface area contributed by atoms with Crippen molar-refractivity contribution in [1.82, 2.24) is 84.4 Å². The van der Waals surface area contributed by atoms with E-state index in [0.717, 1.165) is 0 Å². The third-order valence-electron chi connectivity index (χ3n) is 10.2. The van der Waals surface area contributed by atoms with Gasteiger partial charge in [-0.05, 0) is 12.3 Å². The largest absolute Gasteiger partial charge is 0.480 e. The van der Waals surface area contributed by atoms with Gasteiger partial charge >= 0.3 is 5.97 Å². The number of aliphatic carboxylic acids is 1. The molecule has 0 saturated carbocycles. The minimum atomic E-state index is -1.80. The molecule has 15 amide bonds. The van der Waals surface area contributed by atoms with Crippen molar-refractivity contribution in [3.8, 4) is 0 Å². The van der Waals surface area contributed by atoms with E-state index >= 15 is 0 Å². The molecule has 0 radical (unpaired) electrons. The number of carboxylic acids is 1. The Balaban J connectivity index is 2.54. The number of H-pyrrole nitrogens is 1. The molecule has 0 bridgehead atoms. The zero-order valence-electron chi connectivity index (χ0n) is 43.7. The topological polar surface area (TPSA) is 603 Å². The Morgan fingerprint density at radius 3 is 1.15 bits per heavy atom. The highest BCUT2D eigenvalue weighted by Crippen LogP contribution is 2.07. The SMILES string of the molecule is CC(C)C[C@H](NC(=O)CNC(=O)[C@H](CC(N)=O)NC(=O)[C@H](CO)NC(=O)CNC(=O)CNC(=O)CNC(=O)[C@H](CO)NC(=O)CNC(=O)CNC(=O)CNC(=O)[C@H](CO)NC(=O)CNC(=O)CN)C(=O)N[C@@H](Cc1cnc[nH]1)C(=O)O. The lowest BCUT2D eigenvalue weighted by Gasteiger charge is -2.23. The molecule has 0 aliphatic heterocycles. The molecule has 0 unspecified atom stereocenters. The number of aromatic amines is 1. The Morgan fingerprint density at radius 1 is 0.457 bits per heavy atom. The number of carbonyl (C=O) groups is 16. The molecular formula is C43H68N18O20. The van der Waals surface area contributed by atoms with Crippen LogP contribution in [0.3, 0.4) is 0 Å². The maximum Gasteiger partial charge on any atom is 0.326 e. The molecule has 0 spiro atoms. The van der Waals surface area contributed by atoms with Crippen molar-refractivity contribution in [1.29, 1.82) is 0 Å². The lowest BCUT2D eigenvalue weighted by molar-refractivity contribution is -0.142. The van der Waals surface area contributed by atoms with Crippen LogP contribution < -0.4 is 85.9 Å². The predicted octanol–water partition coefficient (Wildman–Crippen LogP) is -14.3. The zero-order valence-corrected chi connectivity index (χ0v) is 43.7. The van der Waals surface area contributed by atoms with Gasteiger partial charge in [-0.1, -0.05) is 13.8 Å². The minimum Gasteiger partial charge on any atom is -0.480 e. The lowest BCUT2D eigenvalue weighted by Crippen LogP contribution is -2.57. The molecule has 0 saturated heterocycles. The van der Waals surface area contributed by atoms with Crippen LogP contribution in [0.25, 0.3) is 0 Å². The van der Waals surface area contributed by atoms with Gasteiger partial charge in [0.05, 0.1) is 91.5 Å². The van der Waals surface area contributed by atoms with Gasteiger partial charge in [-0.25, -0.2) is 9.78 Å². The maximum absolute atomic E-state index is 13.1. The fraction of sp³-hybridized carbons (Fsp3) is 0.558. The monoisotopic (exact) mass is 1160 g/mol. The molecule has 6 atom stereocenters. The highest BCUT2D eigenvalue weighted by molar-refractivity contribution is 5.98. The van der Waals surface area contributed by atoms with Crippen molar-refractivity contribution >= 4 is 94.6 Å². The van der Waals surface area contributed by atoms with E-state index in [2.05, 4.69) is 84.4 Å². The summed E-state index contributed by atoms with van der Waals surface area (Å²) in [4.78, 5) is 204. The zero-order chi connectivity index (χ0) is 61.2. The van der Waals surface area contributed by atoms with Gasteiger partial charge < -0.3 is 111 Å². The Morgan fingerprint density at radius 2 is 0.790 bits per heavy atom. The van der Waals surface area contributed by atoms with E-state index in [1.165, 1.54) is 12.5 Å². The molecule has 0 aliphatic carbocycles. The summed E-state index contributed by atoms with van der Waals surface area (Å²) in [5.74, 6) is -16.3. The number of nitrogens with one attached hydrogen (secondary N) is 15. The summed E-state index contributed by atoms with van der Waals surface area (Å²) in [6.45, 7) is -5.92. The molecule has 1 aromatic heterocycles. The number of carbonyl (C=O) groups excluding carboxylic acids is 15. The average Bonchev–Trinajstić information content (AvgIpc) is 3.94. The molecule has 1 aromatic rings. The predicted molar refractivity (Wildman–Crippen MR) is 269 cm³/mol. The first-order chi connectivity index (χ1) is 38.2. The summed E-state index contributed by atoms with van der Waals surface area (Å²) in [6, 6.07) is -9.40. The number of rotatable bonds is 38. The Bertz CT molecular complexity index is 2410. The van der Waals surface area contributed by atoms with Crippen molar-refractivity contribution in [2.24, 2.45) is 17.4 Å². The lowest BCUT2D eigenvalue weighted by atomic mass is 10.0. The molecular weight excluding hydrogens is 1090 g/mol. The summed E-state index contributed by atoms with van der Waals surface area (Å²) in [5.41, 5.74) is 10.7. The standard InChI is InChI=1S/C43H68N18O20/c1-20(2)3-22(41(78)61-24(43(80)81)4-21-7-46-19-55-21)56-37(74)15-54-38(75)23(5-28(45)65)60-42(79)27(18-64)59-36(73)14-51-31(68)9-49-33(70)11-53-40(77)26(17-63)58-35(72)13-50-30(67)8-48-32(69)10-52-39(76)25(16-62)57-34(71)12-47-29(66)6-44/h7,19-20,22-27,62-64H,3-6,8-18,44H2,1-2H3,(H2,45,65)(H,46,55)(H,47,66)(H,48,69)(H,49,70)(H,50,67)(H,51,68)(H,52,76)(H,53,77)(H,54,75)(H,56,74)(H,57,71)(H,58,72)(H,59,73)(H,60,79)(H,61,78)(H,80,81)/t22-,23-,24-,25-,26-,27-/m0/s1. The van der Waals surface area contributed by atoms with Crippen molar-refractivity contribution < 1.29 is 97.1 Å². The van der Waals surface area contributed by atoms with Gasteiger partial charge in [0.2, 0.25) is 88.6 Å². The molecule has 23 N–H and O–H groups in total.